The minimum atomic E-state index is -3.69. The fraction of sp³-hybridized carbons (Fsp3) is 0.533. The standard InChI is InChI=1S/C15H21NO4S/c1-10-12(14(17)18)5-4-6-13(10)21(19,20)16-11-7-8-15(2,3)9-11/h4-6,11,16H,7-9H2,1-3H3,(H,17,18). The summed E-state index contributed by atoms with van der Waals surface area (Å²) in [7, 11) is -3.69. The summed E-state index contributed by atoms with van der Waals surface area (Å²) >= 11 is 0. The first-order valence-corrected chi connectivity index (χ1v) is 8.46. The predicted octanol–water partition coefficient (Wildman–Crippen LogP) is 2.55. The van der Waals surface area contributed by atoms with Crippen molar-refractivity contribution < 1.29 is 18.3 Å². The van der Waals surface area contributed by atoms with Gasteiger partial charge in [-0.05, 0) is 49.3 Å². The first-order chi connectivity index (χ1) is 9.62. The van der Waals surface area contributed by atoms with E-state index in [9.17, 15) is 13.2 Å². The first kappa shape index (κ1) is 16.0. The Morgan fingerprint density at radius 1 is 1.38 bits per heavy atom. The number of carbonyl (C=O) groups is 1. The molecule has 0 heterocycles. The van der Waals surface area contributed by atoms with Crippen molar-refractivity contribution in [2.45, 2.75) is 51.0 Å². The van der Waals surface area contributed by atoms with Crippen LogP contribution in [0.3, 0.4) is 0 Å². The Bertz CT molecular complexity index is 664. The topological polar surface area (TPSA) is 83.5 Å². The van der Waals surface area contributed by atoms with Crippen LogP contribution in [0.1, 0.15) is 49.0 Å². The number of hydrogen-bond acceptors (Lipinski definition) is 3. The maximum absolute atomic E-state index is 12.5. The van der Waals surface area contributed by atoms with Crippen LogP contribution in [0.2, 0.25) is 0 Å². The monoisotopic (exact) mass is 311 g/mol. The van der Waals surface area contributed by atoms with Gasteiger partial charge in [-0.1, -0.05) is 19.9 Å². The zero-order valence-corrected chi connectivity index (χ0v) is 13.3. The van der Waals surface area contributed by atoms with Crippen molar-refractivity contribution >= 4 is 16.0 Å². The van der Waals surface area contributed by atoms with Crippen molar-refractivity contribution in [2.24, 2.45) is 5.41 Å². The van der Waals surface area contributed by atoms with E-state index in [0.717, 1.165) is 19.3 Å². The molecule has 21 heavy (non-hydrogen) atoms. The molecule has 0 spiro atoms. The summed E-state index contributed by atoms with van der Waals surface area (Å²) in [6.45, 7) is 5.77. The number of carboxylic acids is 1. The zero-order valence-electron chi connectivity index (χ0n) is 12.5. The van der Waals surface area contributed by atoms with Gasteiger partial charge in [0.05, 0.1) is 10.5 Å². The number of aromatic carboxylic acids is 1. The highest BCUT2D eigenvalue weighted by molar-refractivity contribution is 7.89. The average molecular weight is 311 g/mol. The lowest BCUT2D eigenvalue weighted by molar-refractivity contribution is 0.0696. The Labute approximate surface area is 125 Å². The molecule has 1 unspecified atom stereocenters. The Kier molecular flexibility index (Phi) is 4.13. The van der Waals surface area contributed by atoms with Crippen molar-refractivity contribution in [3.63, 3.8) is 0 Å². The highest BCUT2D eigenvalue weighted by Crippen LogP contribution is 2.37. The highest BCUT2D eigenvalue weighted by Gasteiger charge is 2.34. The highest BCUT2D eigenvalue weighted by atomic mass is 32.2. The van der Waals surface area contributed by atoms with Gasteiger partial charge in [-0.3, -0.25) is 0 Å². The van der Waals surface area contributed by atoms with Crippen molar-refractivity contribution in [1.29, 1.82) is 0 Å². The lowest BCUT2D eigenvalue weighted by atomic mass is 9.92. The SMILES string of the molecule is Cc1c(C(=O)O)cccc1S(=O)(=O)NC1CCC(C)(C)C1. The molecule has 1 atom stereocenters. The molecule has 2 rings (SSSR count). The number of hydrogen-bond donors (Lipinski definition) is 2. The summed E-state index contributed by atoms with van der Waals surface area (Å²) < 4.78 is 27.7. The van der Waals surface area contributed by atoms with E-state index in [4.69, 9.17) is 5.11 Å². The second kappa shape index (κ2) is 5.42. The number of carboxylic acid groups (broad SMARTS) is 1. The van der Waals surface area contributed by atoms with E-state index in [-0.39, 0.29) is 27.5 Å². The van der Waals surface area contributed by atoms with Gasteiger partial charge >= 0.3 is 5.97 Å². The van der Waals surface area contributed by atoms with Gasteiger partial charge in [-0.2, -0.15) is 0 Å². The third-order valence-corrected chi connectivity index (χ3v) is 5.76. The molecule has 5 nitrogen and oxygen atoms in total. The molecule has 6 heteroatoms. The van der Waals surface area contributed by atoms with Crippen LogP contribution in [0.25, 0.3) is 0 Å². The van der Waals surface area contributed by atoms with Crippen LogP contribution in [0, 0.1) is 12.3 Å². The minimum Gasteiger partial charge on any atom is -0.478 e. The molecule has 0 bridgehead atoms. The fourth-order valence-electron chi connectivity index (χ4n) is 2.96. The van der Waals surface area contributed by atoms with Crippen LogP contribution in [0.4, 0.5) is 0 Å². The molecule has 1 aromatic carbocycles. The Hall–Kier alpha value is -1.40. The third-order valence-electron chi connectivity index (χ3n) is 4.09. The third kappa shape index (κ3) is 3.44. The van der Waals surface area contributed by atoms with Crippen LogP contribution in [-0.2, 0) is 10.0 Å². The van der Waals surface area contributed by atoms with Gasteiger partial charge in [0.2, 0.25) is 10.0 Å². The van der Waals surface area contributed by atoms with Crippen LogP contribution < -0.4 is 4.72 Å². The molecule has 1 fully saturated rings. The molecule has 116 valence electrons. The van der Waals surface area contributed by atoms with Gasteiger partial charge in [0.25, 0.3) is 0 Å². The van der Waals surface area contributed by atoms with Crippen molar-refractivity contribution in [3.05, 3.63) is 29.3 Å². The van der Waals surface area contributed by atoms with Gasteiger partial charge in [0, 0.05) is 6.04 Å². The molecule has 1 aromatic rings. The molecular weight excluding hydrogens is 290 g/mol. The molecule has 2 N–H and O–H groups in total. The van der Waals surface area contributed by atoms with Gasteiger partial charge in [-0.25, -0.2) is 17.9 Å². The Morgan fingerprint density at radius 2 is 2.05 bits per heavy atom. The maximum Gasteiger partial charge on any atom is 0.335 e. The van der Waals surface area contributed by atoms with Gasteiger partial charge in [0.1, 0.15) is 0 Å². The van der Waals surface area contributed by atoms with E-state index in [1.165, 1.54) is 25.1 Å². The quantitative estimate of drug-likeness (QED) is 0.895. The van der Waals surface area contributed by atoms with Crippen LogP contribution in [0.5, 0.6) is 0 Å². The van der Waals surface area contributed by atoms with Gasteiger partial charge < -0.3 is 5.11 Å². The normalized spacial score (nSPS) is 21.4. The van der Waals surface area contributed by atoms with E-state index in [2.05, 4.69) is 18.6 Å². The van der Waals surface area contributed by atoms with E-state index < -0.39 is 16.0 Å². The van der Waals surface area contributed by atoms with Gasteiger partial charge in [-0.15, -0.1) is 0 Å². The average Bonchev–Trinajstić information content (AvgIpc) is 2.67. The summed E-state index contributed by atoms with van der Waals surface area (Å²) in [4.78, 5) is 11.2. The molecule has 1 aliphatic carbocycles. The van der Waals surface area contributed by atoms with Crippen molar-refractivity contribution in [3.8, 4) is 0 Å². The molecule has 1 saturated carbocycles. The Morgan fingerprint density at radius 3 is 2.57 bits per heavy atom. The van der Waals surface area contributed by atoms with Gasteiger partial charge in [0.15, 0.2) is 0 Å². The summed E-state index contributed by atoms with van der Waals surface area (Å²) in [6, 6.07) is 4.24. The molecule has 0 radical (unpaired) electrons. The number of rotatable bonds is 4. The first-order valence-electron chi connectivity index (χ1n) is 6.98. The molecule has 0 aromatic heterocycles. The summed E-state index contributed by atoms with van der Waals surface area (Å²) in [6.07, 6.45) is 2.59. The largest absolute Gasteiger partial charge is 0.478 e. The molecule has 0 amide bonds. The molecule has 0 saturated heterocycles. The molecular formula is C15H21NO4S. The number of sulfonamides is 1. The van der Waals surface area contributed by atoms with E-state index in [1.807, 2.05) is 0 Å². The molecule has 0 aliphatic heterocycles. The molecule has 1 aliphatic rings. The summed E-state index contributed by atoms with van der Waals surface area (Å²) in [5, 5.41) is 9.09. The van der Waals surface area contributed by atoms with E-state index >= 15 is 0 Å². The lowest BCUT2D eigenvalue weighted by Crippen LogP contribution is -2.34. The number of benzene rings is 1. The fourth-order valence-corrected chi connectivity index (χ4v) is 4.49. The maximum atomic E-state index is 12.5. The van der Waals surface area contributed by atoms with Crippen LogP contribution >= 0.6 is 0 Å². The zero-order chi connectivity index (χ0) is 15.8. The second-order valence-electron chi connectivity index (χ2n) is 6.46. The summed E-state index contributed by atoms with van der Waals surface area (Å²) in [5.74, 6) is -1.12. The predicted molar refractivity (Wildman–Crippen MR) is 79.9 cm³/mol. The van der Waals surface area contributed by atoms with E-state index in [0.29, 0.717) is 0 Å². The van der Waals surface area contributed by atoms with Crippen LogP contribution in [-0.4, -0.2) is 25.5 Å². The smallest absolute Gasteiger partial charge is 0.335 e. The Balaban J connectivity index is 2.29. The minimum absolute atomic E-state index is 0.0182. The van der Waals surface area contributed by atoms with Crippen molar-refractivity contribution in [2.75, 3.05) is 0 Å². The number of nitrogens with one attached hydrogen (secondary N) is 1. The van der Waals surface area contributed by atoms with Crippen molar-refractivity contribution in [1.82, 2.24) is 4.72 Å². The van der Waals surface area contributed by atoms with Crippen LogP contribution in [0.15, 0.2) is 23.1 Å². The lowest BCUT2D eigenvalue weighted by Gasteiger charge is -2.18. The second-order valence-corrected chi connectivity index (χ2v) is 8.14. The summed E-state index contributed by atoms with van der Waals surface area (Å²) in [5.41, 5.74) is 0.435. The van der Waals surface area contributed by atoms with E-state index in [1.54, 1.807) is 0 Å².